The Morgan fingerprint density at radius 3 is 2.03 bits per heavy atom. The van der Waals surface area contributed by atoms with E-state index in [2.05, 4.69) is 20.8 Å². The van der Waals surface area contributed by atoms with Crippen LogP contribution in [-0.4, -0.2) is 68.3 Å². The highest BCUT2D eigenvalue weighted by molar-refractivity contribution is 6.74. The number of esters is 1. The highest BCUT2D eigenvalue weighted by Gasteiger charge is 2.49. The lowest BCUT2D eigenvalue weighted by Gasteiger charge is -2.40. The highest BCUT2D eigenvalue weighted by atomic mass is 28.4. The molecular weight excluding hydrogens is 514 g/mol. The quantitative estimate of drug-likeness (QED) is 0.321. The summed E-state index contributed by atoms with van der Waals surface area (Å²) in [5.74, 6) is -3.00. The van der Waals surface area contributed by atoms with Crippen molar-refractivity contribution in [3.8, 4) is 0 Å². The molecule has 1 aliphatic heterocycles. The van der Waals surface area contributed by atoms with Crippen LogP contribution in [0, 0.1) is 5.92 Å². The molecule has 1 saturated heterocycles. The number of rotatable bonds is 10. The van der Waals surface area contributed by atoms with Crippen molar-refractivity contribution in [1.82, 2.24) is 4.90 Å². The fourth-order valence-corrected chi connectivity index (χ4v) is 6.15. The molecule has 0 unspecified atom stereocenters. The molecule has 0 spiro atoms. The lowest BCUT2D eigenvalue weighted by molar-refractivity contribution is -0.151. The number of hydrogen-bond acceptors (Lipinski definition) is 7. The zero-order valence-electron chi connectivity index (χ0n) is 23.9. The predicted molar refractivity (Wildman–Crippen MR) is 151 cm³/mol. The van der Waals surface area contributed by atoms with Gasteiger partial charge in [-0.1, -0.05) is 81.4 Å². The molecule has 0 saturated carbocycles. The summed E-state index contributed by atoms with van der Waals surface area (Å²) < 4.78 is 16.6. The third kappa shape index (κ3) is 6.95. The Labute approximate surface area is 232 Å². The van der Waals surface area contributed by atoms with Gasteiger partial charge in [0.25, 0.3) is 0 Å². The van der Waals surface area contributed by atoms with Crippen molar-refractivity contribution in [2.75, 3.05) is 13.7 Å². The van der Waals surface area contributed by atoms with Gasteiger partial charge < -0.3 is 19.0 Å². The number of amides is 2. The van der Waals surface area contributed by atoms with Gasteiger partial charge in [-0.25, -0.2) is 9.69 Å². The second-order valence-electron chi connectivity index (χ2n) is 11.6. The van der Waals surface area contributed by atoms with E-state index in [1.165, 1.54) is 7.11 Å². The highest BCUT2D eigenvalue weighted by Crippen LogP contribution is 2.39. The van der Waals surface area contributed by atoms with Gasteiger partial charge in [0.05, 0.1) is 37.7 Å². The number of methoxy groups -OCH3 is 1. The summed E-state index contributed by atoms with van der Waals surface area (Å²) in [6, 6.07) is 18.5. The fourth-order valence-electron chi connectivity index (χ4n) is 4.73. The van der Waals surface area contributed by atoms with Gasteiger partial charge in [0.1, 0.15) is 6.61 Å². The lowest BCUT2D eigenvalue weighted by atomic mass is 9.84. The predicted octanol–water partition coefficient (Wildman–Crippen LogP) is 5.12. The Bertz CT molecular complexity index is 1090. The molecule has 2 aromatic rings. The van der Waals surface area contributed by atoms with Crippen molar-refractivity contribution in [3.05, 3.63) is 71.8 Å². The van der Waals surface area contributed by atoms with Gasteiger partial charge in [0.2, 0.25) is 5.91 Å². The van der Waals surface area contributed by atoms with Gasteiger partial charge in [-0.3, -0.25) is 9.59 Å². The molecule has 2 aromatic carbocycles. The SMILES string of the molecule is COC(=O)C[C@@H](C(=O)N1C(=O)OC[C@H]1C(c1ccccc1)c1ccccc1)[C@@H](O)[C@@H](C)O[Si](C)(C)C(C)(C)C. The molecular formula is C30H41NO7Si. The first-order valence-electron chi connectivity index (χ1n) is 13.3. The van der Waals surface area contributed by atoms with Crippen LogP contribution in [0.5, 0.6) is 0 Å². The Hall–Kier alpha value is -3.01. The summed E-state index contributed by atoms with van der Waals surface area (Å²) >= 11 is 0. The van der Waals surface area contributed by atoms with Crippen LogP contribution in [0.4, 0.5) is 4.79 Å². The van der Waals surface area contributed by atoms with Gasteiger partial charge >= 0.3 is 12.1 Å². The van der Waals surface area contributed by atoms with E-state index in [0.717, 1.165) is 16.0 Å². The molecule has 212 valence electrons. The first kappa shape index (κ1) is 30.5. The normalized spacial score (nSPS) is 18.4. The van der Waals surface area contributed by atoms with E-state index in [0.29, 0.717) is 0 Å². The number of aliphatic hydroxyl groups is 1. The minimum absolute atomic E-state index is 0.0178. The van der Waals surface area contributed by atoms with Gasteiger partial charge in [-0.05, 0) is 36.2 Å². The molecule has 3 rings (SSSR count). The number of imide groups is 1. The molecule has 1 aliphatic rings. The first-order valence-corrected chi connectivity index (χ1v) is 16.2. The van der Waals surface area contributed by atoms with Crippen LogP contribution in [0.1, 0.15) is 51.2 Å². The van der Waals surface area contributed by atoms with Gasteiger partial charge in [0, 0.05) is 5.92 Å². The average molecular weight is 556 g/mol. The Morgan fingerprint density at radius 2 is 1.56 bits per heavy atom. The Kier molecular flexibility index (Phi) is 9.74. The smallest absolute Gasteiger partial charge is 0.417 e. The van der Waals surface area contributed by atoms with Crippen molar-refractivity contribution in [2.45, 2.75) is 76.4 Å². The van der Waals surface area contributed by atoms with Crippen LogP contribution < -0.4 is 0 Å². The third-order valence-electron chi connectivity index (χ3n) is 7.96. The van der Waals surface area contributed by atoms with E-state index in [1.54, 1.807) is 6.92 Å². The maximum Gasteiger partial charge on any atom is 0.417 e. The summed E-state index contributed by atoms with van der Waals surface area (Å²) in [5, 5.41) is 11.3. The average Bonchev–Trinajstić information content (AvgIpc) is 3.27. The molecule has 4 atom stereocenters. The van der Waals surface area contributed by atoms with E-state index in [1.807, 2.05) is 73.8 Å². The van der Waals surface area contributed by atoms with Gasteiger partial charge in [-0.2, -0.15) is 0 Å². The molecule has 1 heterocycles. The van der Waals surface area contributed by atoms with Crippen molar-refractivity contribution >= 4 is 26.3 Å². The zero-order chi connectivity index (χ0) is 29.0. The minimum atomic E-state index is -2.32. The summed E-state index contributed by atoms with van der Waals surface area (Å²) in [4.78, 5) is 40.6. The number of carbonyl (C=O) groups is 3. The summed E-state index contributed by atoms with van der Waals surface area (Å²) in [7, 11) is -1.10. The molecule has 0 aliphatic carbocycles. The molecule has 8 nitrogen and oxygen atoms in total. The second kappa shape index (κ2) is 12.4. The first-order chi connectivity index (χ1) is 18.3. The molecule has 0 radical (unpaired) electrons. The van der Waals surface area contributed by atoms with Crippen LogP contribution in [0.2, 0.25) is 18.1 Å². The maximum absolute atomic E-state index is 14.1. The minimum Gasteiger partial charge on any atom is -0.469 e. The van der Waals surface area contributed by atoms with E-state index in [4.69, 9.17) is 13.9 Å². The van der Waals surface area contributed by atoms with Crippen molar-refractivity contribution in [1.29, 1.82) is 0 Å². The number of carbonyl (C=O) groups excluding carboxylic acids is 3. The summed E-state index contributed by atoms with van der Waals surface area (Å²) in [5.41, 5.74) is 1.81. The molecule has 0 bridgehead atoms. The van der Waals surface area contributed by atoms with E-state index < -0.39 is 56.9 Å². The number of hydrogen-bond donors (Lipinski definition) is 1. The largest absolute Gasteiger partial charge is 0.469 e. The standard InChI is InChI=1S/C30H41NO7Si/c1-20(38-39(6,7)30(2,3)4)27(33)23(18-25(32)36-5)28(34)31-24(19-37-29(31)35)26(21-14-10-8-11-15-21)22-16-12-9-13-17-22/h8-17,20,23-24,26-27,33H,18-19H2,1-7H3/t20-,23-,24+,27+/m1/s1. The monoisotopic (exact) mass is 555 g/mol. The van der Waals surface area contributed by atoms with E-state index >= 15 is 0 Å². The Balaban J connectivity index is 1.99. The second-order valence-corrected chi connectivity index (χ2v) is 16.4. The molecule has 0 aromatic heterocycles. The van der Waals surface area contributed by atoms with Crippen LogP contribution in [0.15, 0.2) is 60.7 Å². The van der Waals surface area contributed by atoms with Crippen LogP contribution >= 0.6 is 0 Å². The number of aliphatic hydroxyl groups excluding tert-OH is 1. The number of cyclic esters (lactones) is 1. The number of nitrogens with zero attached hydrogens (tertiary/aromatic N) is 1. The van der Waals surface area contributed by atoms with Crippen molar-refractivity contribution in [2.24, 2.45) is 5.92 Å². The summed E-state index contributed by atoms with van der Waals surface area (Å²) in [6.45, 7) is 12.0. The number of ether oxygens (including phenoxy) is 2. The van der Waals surface area contributed by atoms with E-state index in [-0.39, 0.29) is 17.6 Å². The van der Waals surface area contributed by atoms with Crippen LogP contribution in [0.25, 0.3) is 0 Å². The lowest BCUT2D eigenvalue weighted by Crippen LogP contribution is -2.53. The van der Waals surface area contributed by atoms with Crippen LogP contribution in [-0.2, 0) is 23.5 Å². The molecule has 2 amide bonds. The van der Waals surface area contributed by atoms with Crippen molar-refractivity contribution < 1.29 is 33.4 Å². The molecule has 39 heavy (non-hydrogen) atoms. The maximum atomic E-state index is 14.1. The molecule has 1 fully saturated rings. The van der Waals surface area contributed by atoms with E-state index in [9.17, 15) is 19.5 Å². The van der Waals surface area contributed by atoms with Crippen molar-refractivity contribution in [3.63, 3.8) is 0 Å². The summed E-state index contributed by atoms with van der Waals surface area (Å²) in [6.07, 6.45) is -3.33. The number of benzene rings is 2. The van der Waals surface area contributed by atoms with Gasteiger partial charge in [0.15, 0.2) is 8.32 Å². The zero-order valence-corrected chi connectivity index (χ0v) is 24.9. The van der Waals surface area contributed by atoms with Crippen LogP contribution in [0.3, 0.4) is 0 Å². The third-order valence-corrected chi connectivity index (χ3v) is 12.5. The topological polar surface area (TPSA) is 102 Å². The van der Waals surface area contributed by atoms with Gasteiger partial charge in [-0.15, -0.1) is 0 Å². The Morgan fingerprint density at radius 1 is 1.05 bits per heavy atom. The molecule has 1 N–H and O–H groups in total. The molecule has 9 heteroatoms. The fraction of sp³-hybridized carbons (Fsp3) is 0.500.